The van der Waals surface area contributed by atoms with E-state index in [0.29, 0.717) is 11.1 Å². The van der Waals surface area contributed by atoms with Crippen molar-refractivity contribution in [2.45, 2.75) is 86.9 Å². The first-order valence-corrected chi connectivity index (χ1v) is 13.6. The zero-order valence-electron chi connectivity index (χ0n) is 22.3. The van der Waals surface area contributed by atoms with Crippen LogP contribution < -0.4 is 0 Å². The molecule has 210 valence electrons. The number of carbonyl (C=O) groups excluding carboxylic acids is 2. The predicted molar refractivity (Wildman–Crippen MR) is 132 cm³/mol. The lowest BCUT2D eigenvalue weighted by Crippen LogP contribution is -2.76. The van der Waals surface area contributed by atoms with Gasteiger partial charge in [0.1, 0.15) is 30.0 Å². The fourth-order valence-electron chi connectivity index (χ4n) is 8.94. The standard InChI is InChI=1S/C29H34O10/c1-13(2)27-21(35-16(5)31)15(4)28-18-11-14(3)20(32)26(18,34)24(33)25(12-30)22(36-25)19(28)23(27)37-29(38-27,39-28)17-9-7-6-8-10-17/h6-10,14-15,18-19,21-24,30,33-34H,1,11-12H2,2-5H3/t14-,15+,18-,19-,21+,22-,23+,24+,25-,26+,27-,28-,29+/m0/s1. The summed E-state index contributed by atoms with van der Waals surface area (Å²) in [5, 5.41) is 34.5. The Balaban J connectivity index is 1.55. The first-order chi connectivity index (χ1) is 18.4. The number of aliphatic hydroxyl groups excluding tert-OH is 2. The van der Waals surface area contributed by atoms with Crippen molar-refractivity contribution >= 4 is 11.8 Å². The Morgan fingerprint density at radius 1 is 1.13 bits per heavy atom. The molecule has 0 amide bonds. The van der Waals surface area contributed by atoms with Crippen molar-refractivity contribution < 1.29 is 48.6 Å². The molecule has 6 aliphatic rings. The molecule has 3 bridgehead atoms. The van der Waals surface area contributed by atoms with Crippen LogP contribution in [0.4, 0.5) is 0 Å². The van der Waals surface area contributed by atoms with E-state index in [9.17, 15) is 24.9 Å². The van der Waals surface area contributed by atoms with Gasteiger partial charge in [-0.15, -0.1) is 0 Å². The summed E-state index contributed by atoms with van der Waals surface area (Å²) in [6.07, 6.45) is -4.18. The Bertz CT molecular complexity index is 1280. The number of Topliss-reactive ketones (excluding diaryl/α,β-unsaturated/α-hetero) is 1. The van der Waals surface area contributed by atoms with Gasteiger partial charge in [0.2, 0.25) is 0 Å². The third-order valence-corrected chi connectivity index (χ3v) is 10.6. The van der Waals surface area contributed by atoms with Gasteiger partial charge in [-0.25, -0.2) is 0 Å². The van der Waals surface area contributed by atoms with Gasteiger partial charge in [-0.1, -0.05) is 50.8 Å². The van der Waals surface area contributed by atoms with E-state index in [4.69, 9.17) is 23.7 Å². The minimum Gasteiger partial charge on any atom is -0.459 e. The smallest absolute Gasteiger partial charge is 0.314 e. The molecule has 7 rings (SSSR count). The Morgan fingerprint density at radius 3 is 2.44 bits per heavy atom. The topological polar surface area (TPSA) is 144 Å². The van der Waals surface area contributed by atoms with Crippen LogP contribution in [0.5, 0.6) is 0 Å². The highest BCUT2D eigenvalue weighted by atomic mass is 16.9. The molecule has 1 aromatic rings. The summed E-state index contributed by atoms with van der Waals surface area (Å²) in [6, 6.07) is 9.06. The molecule has 3 saturated heterocycles. The van der Waals surface area contributed by atoms with Crippen LogP contribution in [0.2, 0.25) is 0 Å². The van der Waals surface area contributed by atoms with E-state index >= 15 is 0 Å². The lowest BCUT2D eigenvalue weighted by molar-refractivity contribution is -0.443. The highest BCUT2D eigenvalue weighted by molar-refractivity contribution is 5.93. The molecule has 3 aliphatic carbocycles. The van der Waals surface area contributed by atoms with Gasteiger partial charge in [0.15, 0.2) is 17.0 Å². The highest BCUT2D eigenvalue weighted by Gasteiger charge is 2.91. The number of aliphatic hydroxyl groups is 3. The molecule has 39 heavy (non-hydrogen) atoms. The fourth-order valence-corrected chi connectivity index (χ4v) is 8.94. The molecule has 0 unspecified atom stereocenters. The van der Waals surface area contributed by atoms with Crippen LogP contribution in [-0.4, -0.2) is 80.5 Å². The largest absolute Gasteiger partial charge is 0.459 e. The lowest BCUT2D eigenvalue weighted by Gasteiger charge is -2.61. The number of benzene rings is 1. The van der Waals surface area contributed by atoms with E-state index in [1.807, 2.05) is 25.1 Å². The van der Waals surface area contributed by atoms with Gasteiger partial charge in [-0.05, 0) is 18.9 Å². The molecule has 10 nitrogen and oxygen atoms in total. The summed E-state index contributed by atoms with van der Waals surface area (Å²) in [7, 11) is 0. The zero-order valence-corrected chi connectivity index (χ0v) is 22.3. The van der Waals surface area contributed by atoms with Gasteiger partial charge in [0, 0.05) is 36.2 Å². The number of esters is 1. The van der Waals surface area contributed by atoms with Gasteiger partial charge in [0.05, 0.1) is 12.2 Å². The van der Waals surface area contributed by atoms with Crippen molar-refractivity contribution in [1.29, 1.82) is 0 Å². The molecule has 3 saturated carbocycles. The van der Waals surface area contributed by atoms with Gasteiger partial charge in [-0.2, -0.15) is 0 Å². The van der Waals surface area contributed by atoms with Crippen molar-refractivity contribution in [2.75, 3.05) is 6.61 Å². The maximum atomic E-state index is 13.7. The summed E-state index contributed by atoms with van der Waals surface area (Å²) in [5.74, 6) is -5.81. The van der Waals surface area contributed by atoms with E-state index in [-0.39, 0.29) is 6.42 Å². The number of carbonyl (C=O) groups is 2. The summed E-state index contributed by atoms with van der Waals surface area (Å²) < 4.78 is 32.7. The summed E-state index contributed by atoms with van der Waals surface area (Å²) in [6.45, 7) is 10.2. The van der Waals surface area contributed by atoms with E-state index in [2.05, 4.69) is 6.58 Å². The van der Waals surface area contributed by atoms with Crippen molar-refractivity contribution in [2.24, 2.45) is 23.7 Å². The molecule has 6 fully saturated rings. The number of rotatable bonds is 4. The van der Waals surface area contributed by atoms with Crippen LogP contribution >= 0.6 is 0 Å². The average molecular weight is 543 g/mol. The predicted octanol–water partition coefficient (Wildman–Crippen LogP) is 0.954. The monoisotopic (exact) mass is 542 g/mol. The normalized spacial score (nSPS) is 54.4. The van der Waals surface area contributed by atoms with E-state index in [1.54, 1.807) is 26.0 Å². The molecule has 13 atom stereocenters. The van der Waals surface area contributed by atoms with E-state index in [1.165, 1.54) is 6.92 Å². The number of epoxide rings is 1. The van der Waals surface area contributed by atoms with Crippen molar-refractivity contribution in [1.82, 2.24) is 0 Å². The number of fused-ring (bicyclic) bond motifs is 3. The molecular weight excluding hydrogens is 508 g/mol. The number of ketones is 1. The SMILES string of the molecule is C=C(C)[C@@]12O[C@@]3(c4ccccc4)O[C@@H]1[C@@H]1[C@@H]4O[C@]4(CO)[C@@H](O)[C@]4(O)C(=O)[C@@H](C)C[C@@H]4[C@@]1(O3)[C@H](C)[C@H]2OC(C)=O. The van der Waals surface area contributed by atoms with Gasteiger partial charge >= 0.3 is 11.9 Å². The summed E-state index contributed by atoms with van der Waals surface area (Å²) >= 11 is 0. The van der Waals surface area contributed by atoms with Gasteiger partial charge in [0.25, 0.3) is 0 Å². The quantitative estimate of drug-likeness (QED) is 0.286. The number of hydrogen-bond donors (Lipinski definition) is 3. The second-order valence-corrected chi connectivity index (χ2v) is 12.4. The summed E-state index contributed by atoms with van der Waals surface area (Å²) in [4.78, 5) is 26.2. The van der Waals surface area contributed by atoms with Crippen LogP contribution in [0, 0.1) is 23.7 Å². The minimum atomic E-state index is -2.29. The third kappa shape index (κ3) is 2.63. The van der Waals surface area contributed by atoms with Gasteiger partial charge < -0.3 is 39.0 Å². The Labute approximate surface area is 225 Å². The van der Waals surface area contributed by atoms with Gasteiger partial charge in [-0.3, -0.25) is 9.59 Å². The maximum Gasteiger partial charge on any atom is 0.314 e. The molecule has 3 N–H and O–H groups in total. The molecule has 10 heteroatoms. The van der Waals surface area contributed by atoms with Crippen molar-refractivity contribution in [3.05, 3.63) is 48.0 Å². The minimum absolute atomic E-state index is 0.200. The second-order valence-electron chi connectivity index (χ2n) is 12.4. The van der Waals surface area contributed by atoms with E-state index in [0.717, 1.165) is 0 Å². The molecule has 3 heterocycles. The number of hydrogen-bond acceptors (Lipinski definition) is 10. The van der Waals surface area contributed by atoms with Crippen molar-refractivity contribution in [3.8, 4) is 0 Å². The van der Waals surface area contributed by atoms with Crippen LogP contribution in [0.1, 0.15) is 39.7 Å². The van der Waals surface area contributed by atoms with Crippen LogP contribution in [-0.2, 0) is 39.2 Å². The Morgan fingerprint density at radius 2 is 1.82 bits per heavy atom. The Hall–Kier alpha value is -2.18. The van der Waals surface area contributed by atoms with E-state index < -0.39 is 94.8 Å². The van der Waals surface area contributed by atoms with Crippen molar-refractivity contribution in [3.63, 3.8) is 0 Å². The first kappa shape index (κ1) is 25.8. The van der Waals surface area contributed by atoms with Crippen LogP contribution in [0.3, 0.4) is 0 Å². The molecule has 0 spiro atoms. The molecule has 3 aliphatic heterocycles. The fraction of sp³-hybridized carbons (Fsp3) is 0.655. The molecule has 0 radical (unpaired) electrons. The lowest BCUT2D eigenvalue weighted by atomic mass is 9.52. The zero-order chi connectivity index (χ0) is 27.9. The van der Waals surface area contributed by atoms with Crippen LogP contribution in [0.25, 0.3) is 0 Å². The number of ether oxygens (including phenoxy) is 5. The first-order valence-electron chi connectivity index (χ1n) is 13.6. The Kier molecular flexibility index (Phi) is 4.99. The average Bonchev–Trinajstić information content (AvgIpc) is 3.53. The van der Waals surface area contributed by atoms with Crippen LogP contribution in [0.15, 0.2) is 42.5 Å². The molecule has 0 aromatic heterocycles. The summed E-state index contributed by atoms with van der Waals surface area (Å²) in [5.41, 5.74) is -5.63. The highest BCUT2D eigenvalue weighted by Crippen LogP contribution is 2.74. The maximum absolute atomic E-state index is 13.7. The molecule has 1 aromatic carbocycles. The second kappa shape index (κ2) is 7.55. The third-order valence-electron chi connectivity index (χ3n) is 10.6. The molecular formula is C29H34O10.